The highest BCUT2D eigenvalue weighted by atomic mass is 35.5. The Hall–Kier alpha value is -1.42. The van der Waals surface area contributed by atoms with Gasteiger partial charge in [0.1, 0.15) is 5.15 Å². The molecular weight excluding hydrogens is 252 g/mol. The number of halogens is 1. The van der Waals surface area contributed by atoms with Gasteiger partial charge >= 0.3 is 0 Å². The minimum atomic E-state index is -0.152. The third kappa shape index (κ3) is 1.48. The van der Waals surface area contributed by atoms with Gasteiger partial charge in [0.05, 0.1) is 18.4 Å². The molecule has 2 atom stereocenters. The van der Waals surface area contributed by atoms with Gasteiger partial charge in [-0.2, -0.15) is 0 Å². The zero-order valence-electron chi connectivity index (χ0n) is 10.2. The molecule has 1 saturated carbocycles. The van der Waals surface area contributed by atoms with Crippen LogP contribution in [0.25, 0.3) is 0 Å². The molecule has 0 spiro atoms. The Labute approximate surface area is 110 Å². The lowest BCUT2D eigenvalue weighted by molar-refractivity contribution is -0.143. The van der Waals surface area contributed by atoms with E-state index < -0.39 is 0 Å². The molecule has 2 unspecified atom stereocenters. The predicted octanol–water partition coefficient (Wildman–Crippen LogP) is 1.88. The van der Waals surface area contributed by atoms with Gasteiger partial charge in [-0.15, -0.1) is 0 Å². The monoisotopic (exact) mass is 264 g/mol. The molecule has 0 N–H and O–H groups in total. The molecule has 2 amide bonds. The Morgan fingerprint density at radius 3 is 2.50 bits per heavy atom. The zero-order valence-corrected chi connectivity index (χ0v) is 10.9. The first-order chi connectivity index (χ1) is 8.43. The zero-order chi connectivity index (χ0) is 13.1. The summed E-state index contributed by atoms with van der Waals surface area (Å²) < 4.78 is 0. The van der Waals surface area contributed by atoms with Crippen LogP contribution in [0.5, 0.6) is 0 Å². The van der Waals surface area contributed by atoms with Crippen LogP contribution in [0, 0.1) is 17.3 Å². The smallest absolute Gasteiger partial charge is 0.233 e. The molecule has 1 aromatic rings. The summed E-state index contributed by atoms with van der Waals surface area (Å²) in [4.78, 5) is 29.5. The van der Waals surface area contributed by atoms with E-state index in [1.54, 1.807) is 18.3 Å². The van der Waals surface area contributed by atoms with E-state index in [1.807, 2.05) is 13.8 Å². The largest absolute Gasteiger partial charge is 0.278 e. The van der Waals surface area contributed by atoms with E-state index in [-0.39, 0.29) is 29.1 Å². The summed E-state index contributed by atoms with van der Waals surface area (Å²) in [6, 6.07) is 3.44. The van der Waals surface area contributed by atoms with E-state index in [4.69, 9.17) is 11.6 Å². The number of likely N-dealkylation sites (tertiary alicyclic amines) is 1. The van der Waals surface area contributed by atoms with Crippen LogP contribution < -0.4 is 0 Å². The minimum absolute atomic E-state index is 0.0528. The molecule has 18 heavy (non-hydrogen) atoms. The molecule has 4 nitrogen and oxygen atoms in total. The summed E-state index contributed by atoms with van der Waals surface area (Å²) in [5, 5.41) is 0.372. The van der Waals surface area contributed by atoms with Crippen LogP contribution in [-0.2, 0) is 16.1 Å². The van der Waals surface area contributed by atoms with Crippen LogP contribution in [-0.4, -0.2) is 21.7 Å². The van der Waals surface area contributed by atoms with Gasteiger partial charge < -0.3 is 0 Å². The van der Waals surface area contributed by atoms with Crippen molar-refractivity contribution in [2.24, 2.45) is 17.3 Å². The van der Waals surface area contributed by atoms with Crippen molar-refractivity contribution in [3.05, 3.63) is 29.0 Å². The number of hydrogen-bond acceptors (Lipinski definition) is 3. The van der Waals surface area contributed by atoms with Gasteiger partial charge in [-0.05, 0) is 23.1 Å². The number of pyridine rings is 1. The Kier molecular flexibility index (Phi) is 2.29. The molecule has 2 fully saturated rings. The van der Waals surface area contributed by atoms with Crippen LogP contribution in [0.4, 0.5) is 0 Å². The van der Waals surface area contributed by atoms with Crippen molar-refractivity contribution in [2.75, 3.05) is 0 Å². The first-order valence-corrected chi connectivity index (χ1v) is 6.26. The van der Waals surface area contributed by atoms with Crippen molar-refractivity contribution in [3.63, 3.8) is 0 Å². The molecule has 0 aromatic carbocycles. The van der Waals surface area contributed by atoms with Gasteiger partial charge in [0.2, 0.25) is 11.8 Å². The normalized spacial score (nSPS) is 28.5. The summed E-state index contributed by atoms with van der Waals surface area (Å²) >= 11 is 5.79. The Morgan fingerprint density at radius 1 is 1.33 bits per heavy atom. The summed E-state index contributed by atoms with van der Waals surface area (Å²) in [6.45, 7) is 4.24. The summed E-state index contributed by atoms with van der Waals surface area (Å²) in [5.74, 6) is -0.351. The quantitative estimate of drug-likeness (QED) is 0.605. The third-order valence-corrected chi connectivity index (χ3v) is 4.23. The fourth-order valence-electron chi connectivity index (χ4n) is 2.88. The molecule has 94 valence electrons. The molecule has 1 saturated heterocycles. The van der Waals surface area contributed by atoms with E-state index >= 15 is 0 Å². The van der Waals surface area contributed by atoms with Gasteiger partial charge in [-0.25, -0.2) is 4.98 Å². The maximum absolute atomic E-state index is 12.1. The SMILES string of the molecule is CC1(C)C2C(=O)N(Cc3ccnc(Cl)c3)C(=O)C21. The number of fused-ring (bicyclic) bond motifs is 1. The Bertz CT molecular complexity index is 532. The van der Waals surface area contributed by atoms with E-state index in [9.17, 15) is 9.59 Å². The summed E-state index contributed by atoms with van der Waals surface area (Å²) in [7, 11) is 0. The average molecular weight is 265 g/mol. The lowest BCUT2D eigenvalue weighted by atomic mass is 10.1. The molecule has 1 aliphatic carbocycles. The van der Waals surface area contributed by atoms with Crippen LogP contribution in [0.2, 0.25) is 5.15 Å². The molecule has 0 bridgehead atoms. The Morgan fingerprint density at radius 2 is 1.94 bits per heavy atom. The second kappa shape index (κ2) is 3.54. The molecule has 1 aromatic heterocycles. The minimum Gasteiger partial charge on any atom is -0.278 e. The molecule has 5 heteroatoms. The fourth-order valence-corrected chi connectivity index (χ4v) is 3.08. The van der Waals surface area contributed by atoms with Crippen molar-refractivity contribution in [1.29, 1.82) is 0 Å². The van der Waals surface area contributed by atoms with Gasteiger partial charge in [-0.3, -0.25) is 14.5 Å². The third-order valence-electron chi connectivity index (χ3n) is 4.02. The van der Waals surface area contributed by atoms with Gasteiger partial charge in [-0.1, -0.05) is 25.4 Å². The highest BCUT2D eigenvalue weighted by Crippen LogP contribution is 2.63. The standard InChI is InChI=1S/C13H13ClN2O2/c1-13(2)9-10(13)12(18)16(11(9)17)6-7-3-4-15-8(14)5-7/h3-5,9-10H,6H2,1-2H3. The predicted molar refractivity (Wildman–Crippen MR) is 65.6 cm³/mol. The number of amides is 2. The molecule has 0 radical (unpaired) electrons. The van der Waals surface area contributed by atoms with Gasteiger partial charge in [0, 0.05) is 6.20 Å². The van der Waals surface area contributed by atoms with Crippen molar-refractivity contribution in [1.82, 2.24) is 9.88 Å². The van der Waals surface area contributed by atoms with Crippen LogP contribution in [0.3, 0.4) is 0 Å². The molecular formula is C13H13ClN2O2. The number of carbonyl (C=O) groups is 2. The molecule has 3 rings (SSSR count). The van der Waals surface area contributed by atoms with Crippen molar-refractivity contribution < 1.29 is 9.59 Å². The Balaban J connectivity index is 1.80. The maximum atomic E-state index is 12.1. The number of hydrogen-bond donors (Lipinski definition) is 0. The van der Waals surface area contributed by atoms with Crippen molar-refractivity contribution in [2.45, 2.75) is 20.4 Å². The first kappa shape index (κ1) is 11.7. The van der Waals surface area contributed by atoms with Crippen LogP contribution in [0.1, 0.15) is 19.4 Å². The average Bonchev–Trinajstić information content (AvgIpc) is 2.77. The number of nitrogens with zero attached hydrogens (tertiary/aromatic N) is 2. The molecule has 2 heterocycles. The van der Waals surface area contributed by atoms with Crippen LogP contribution in [0.15, 0.2) is 18.3 Å². The highest BCUT2D eigenvalue weighted by molar-refractivity contribution is 6.29. The van der Waals surface area contributed by atoms with Crippen molar-refractivity contribution >= 4 is 23.4 Å². The number of rotatable bonds is 2. The van der Waals surface area contributed by atoms with E-state index in [2.05, 4.69) is 4.98 Å². The van der Waals surface area contributed by atoms with Gasteiger partial charge in [0.15, 0.2) is 0 Å². The topological polar surface area (TPSA) is 50.3 Å². The lowest BCUT2D eigenvalue weighted by Crippen LogP contribution is -2.35. The van der Waals surface area contributed by atoms with Gasteiger partial charge in [0.25, 0.3) is 0 Å². The molecule has 1 aliphatic heterocycles. The summed E-state index contributed by atoms with van der Waals surface area (Å²) in [6.07, 6.45) is 1.58. The fraction of sp³-hybridized carbons (Fsp3) is 0.462. The first-order valence-electron chi connectivity index (χ1n) is 5.88. The number of aromatic nitrogens is 1. The number of carbonyl (C=O) groups excluding carboxylic acids is 2. The highest BCUT2D eigenvalue weighted by Gasteiger charge is 2.72. The van der Waals surface area contributed by atoms with Crippen molar-refractivity contribution in [3.8, 4) is 0 Å². The number of imide groups is 1. The number of piperidine rings is 1. The second-order valence-corrected chi connectivity index (χ2v) is 5.91. The second-order valence-electron chi connectivity index (χ2n) is 5.53. The lowest BCUT2D eigenvalue weighted by Gasteiger charge is -2.20. The summed E-state index contributed by atoms with van der Waals surface area (Å²) in [5.41, 5.74) is 0.677. The maximum Gasteiger partial charge on any atom is 0.233 e. The van der Waals surface area contributed by atoms with E-state index in [0.29, 0.717) is 11.7 Å². The molecule has 2 aliphatic rings. The van der Waals surface area contributed by atoms with Crippen LogP contribution >= 0.6 is 11.6 Å². The van der Waals surface area contributed by atoms with E-state index in [1.165, 1.54) is 4.90 Å². The van der Waals surface area contributed by atoms with E-state index in [0.717, 1.165) is 5.56 Å².